The first-order chi connectivity index (χ1) is 14.2. The van der Waals surface area contributed by atoms with Crippen molar-refractivity contribution in [2.24, 2.45) is 0 Å². The molecule has 0 radical (unpaired) electrons. The van der Waals surface area contributed by atoms with E-state index in [4.69, 9.17) is 4.74 Å². The van der Waals surface area contributed by atoms with Gasteiger partial charge < -0.3 is 14.8 Å². The summed E-state index contributed by atoms with van der Waals surface area (Å²) < 4.78 is 60.8. The van der Waals surface area contributed by atoms with Gasteiger partial charge in [0.1, 0.15) is 12.4 Å². The number of sulfonamides is 1. The standard InChI is InChI=1S/C19H20F2N2O6S/c1-13(24)23-15-6-8-16(9-7-15)30(26,27)22-11-10-18(25)28-12-14-4-2-3-5-17(14)29-19(20)21/h2-9,19,22H,10-12H2,1H3,(H,23,24). The van der Waals surface area contributed by atoms with Crippen LogP contribution in [-0.4, -0.2) is 33.5 Å². The molecule has 2 N–H and O–H groups in total. The summed E-state index contributed by atoms with van der Waals surface area (Å²) in [6.07, 6.45) is -0.263. The van der Waals surface area contributed by atoms with Crippen LogP contribution in [0.25, 0.3) is 0 Å². The summed E-state index contributed by atoms with van der Waals surface area (Å²) in [5.74, 6) is -1.11. The summed E-state index contributed by atoms with van der Waals surface area (Å²) in [6, 6.07) is 11.4. The second-order valence-electron chi connectivity index (χ2n) is 6.00. The number of esters is 1. The monoisotopic (exact) mass is 442 g/mol. The van der Waals surface area contributed by atoms with E-state index in [1.165, 1.54) is 49.4 Å². The minimum Gasteiger partial charge on any atom is -0.461 e. The summed E-state index contributed by atoms with van der Waals surface area (Å²) in [6.45, 7) is -2.19. The van der Waals surface area contributed by atoms with Crippen molar-refractivity contribution in [1.29, 1.82) is 0 Å². The first-order valence-electron chi connectivity index (χ1n) is 8.73. The van der Waals surface area contributed by atoms with Crippen molar-refractivity contribution in [3.63, 3.8) is 0 Å². The van der Waals surface area contributed by atoms with Crippen molar-refractivity contribution >= 4 is 27.6 Å². The molecule has 0 fully saturated rings. The lowest BCUT2D eigenvalue weighted by Gasteiger charge is -2.11. The number of hydrogen-bond acceptors (Lipinski definition) is 6. The number of ether oxygens (including phenoxy) is 2. The maximum Gasteiger partial charge on any atom is 0.387 e. The van der Waals surface area contributed by atoms with Gasteiger partial charge in [-0.05, 0) is 30.3 Å². The number of carbonyl (C=O) groups excluding carboxylic acids is 2. The highest BCUT2D eigenvalue weighted by Crippen LogP contribution is 2.21. The predicted octanol–water partition coefficient (Wildman–Crippen LogP) is 2.66. The van der Waals surface area contributed by atoms with Crippen molar-refractivity contribution < 1.29 is 36.3 Å². The number of benzene rings is 2. The lowest BCUT2D eigenvalue weighted by Crippen LogP contribution is -2.26. The van der Waals surface area contributed by atoms with Crippen LogP contribution in [0.4, 0.5) is 14.5 Å². The third-order valence-corrected chi connectivity index (χ3v) is 5.16. The van der Waals surface area contributed by atoms with Gasteiger partial charge in [-0.1, -0.05) is 18.2 Å². The maximum atomic E-state index is 12.4. The van der Waals surface area contributed by atoms with Crippen LogP contribution >= 0.6 is 0 Å². The predicted molar refractivity (Wildman–Crippen MR) is 103 cm³/mol. The fourth-order valence-corrected chi connectivity index (χ4v) is 3.39. The zero-order valence-electron chi connectivity index (χ0n) is 15.9. The van der Waals surface area contributed by atoms with Gasteiger partial charge in [0, 0.05) is 24.7 Å². The Balaban J connectivity index is 1.83. The molecule has 0 spiro atoms. The van der Waals surface area contributed by atoms with E-state index in [1.54, 1.807) is 6.07 Å². The van der Waals surface area contributed by atoms with Gasteiger partial charge in [0.2, 0.25) is 15.9 Å². The maximum absolute atomic E-state index is 12.4. The van der Waals surface area contributed by atoms with Crippen molar-refractivity contribution in [3.8, 4) is 5.75 Å². The number of rotatable bonds is 10. The largest absolute Gasteiger partial charge is 0.461 e. The van der Waals surface area contributed by atoms with E-state index < -0.39 is 22.6 Å². The first kappa shape index (κ1) is 23.2. The van der Waals surface area contributed by atoms with Crippen LogP contribution in [0.15, 0.2) is 53.4 Å². The molecule has 11 heteroatoms. The Morgan fingerprint density at radius 2 is 1.73 bits per heavy atom. The molecular formula is C19H20F2N2O6S. The number of para-hydroxylation sites is 1. The Bertz CT molecular complexity index is 981. The summed E-state index contributed by atoms with van der Waals surface area (Å²) in [5.41, 5.74) is 0.701. The van der Waals surface area contributed by atoms with E-state index in [2.05, 4.69) is 14.8 Å². The van der Waals surface area contributed by atoms with Crippen LogP contribution in [0.3, 0.4) is 0 Å². The van der Waals surface area contributed by atoms with Crippen LogP contribution in [0.1, 0.15) is 18.9 Å². The van der Waals surface area contributed by atoms with Gasteiger partial charge in [0.15, 0.2) is 0 Å². The van der Waals surface area contributed by atoms with E-state index in [0.29, 0.717) is 5.69 Å². The van der Waals surface area contributed by atoms with E-state index in [-0.39, 0.29) is 41.7 Å². The zero-order valence-corrected chi connectivity index (χ0v) is 16.7. The molecule has 2 rings (SSSR count). The molecule has 30 heavy (non-hydrogen) atoms. The summed E-state index contributed by atoms with van der Waals surface area (Å²) in [5, 5.41) is 2.52. The second kappa shape index (κ2) is 10.6. The van der Waals surface area contributed by atoms with Crippen molar-refractivity contribution in [3.05, 3.63) is 54.1 Å². The highest BCUT2D eigenvalue weighted by molar-refractivity contribution is 7.89. The molecular weight excluding hydrogens is 422 g/mol. The number of carbonyl (C=O) groups is 2. The van der Waals surface area contributed by atoms with Gasteiger partial charge in [-0.15, -0.1) is 0 Å². The number of nitrogens with one attached hydrogen (secondary N) is 2. The summed E-state index contributed by atoms with van der Waals surface area (Å²) >= 11 is 0. The third-order valence-electron chi connectivity index (χ3n) is 3.68. The van der Waals surface area contributed by atoms with Gasteiger partial charge in [-0.3, -0.25) is 9.59 Å². The van der Waals surface area contributed by atoms with Gasteiger partial charge in [0.25, 0.3) is 0 Å². The average molecular weight is 442 g/mol. The Morgan fingerprint density at radius 1 is 1.07 bits per heavy atom. The van der Waals surface area contributed by atoms with E-state index in [9.17, 15) is 26.8 Å². The number of anilines is 1. The van der Waals surface area contributed by atoms with Gasteiger partial charge in [-0.2, -0.15) is 8.78 Å². The molecule has 162 valence electrons. The average Bonchev–Trinajstić information content (AvgIpc) is 2.66. The Kier molecular flexibility index (Phi) is 8.25. The number of hydrogen-bond donors (Lipinski definition) is 2. The molecule has 0 aliphatic carbocycles. The molecule has 0 bridgehead atoms. The normalized spacial score (nSPS) is 11.2. The molecule has 0 atom stereocenters. The Labute approximate surface area is 172 Å². The smallest absolute Gasteiger partial charge is 0.387 e. The number of halogens is 2. The molecule has 8 nitrogen and oxygen atoms in total. The van der Waals surface area contributed by atoms with Crippen molar-refractivity contribution in [2.75, 3.05) is 11.9 Å². The molecule has 0 aromatic heterocycles. The quantitative estimate of drug-likeness (QED) is 0.548. The highest BCUT2D eigenvalue weighted by atomic mass is 32.2. The molecule has 0 unspecified atom stereocenters. The van der Waals surface area contributed by atoms with Crippen LogP contribution in [-0.2, 0) is 31.0 Å². The molecule has 2 aromatic carbocycles. The molecule has 0 saturated carbocycles. The topological polar surface area (TPSA) is 111 Å². The molecule has 0 heterocycles. The van der Waals surface area contributed by atoms with Crippen molar-refractivity contribution in [2.45, 2.75) is 31.5 Å². The molecule has 0 saturated heterocycles. The molecule has 0 aliphatic rings. The minimum atomic E-state index is -3.86. The summed E-state index contributed by atoms with van der Waals surface area (Å²) in [7, 11) is -3.86. The van der Waals surface area contributed by atoms with Gasteiger partial charge in [-0.25, -0.2) is 13.1 Å². The SMILES string of the molecule is CC(=O)Nc1ccc(S(=O)(=O)NCCC(=O)OCc2ccccc2OC(F)F)cc1. The fourth-order valence-electron chi connectivity index (χ4n) is 2.36. The molecule has 2 aromatic rings. The number of alkyl halides is 2. The second-order valence-corrected chi connectivity index (χ2v) is 7.77. The van der Waals surface area contributed by atoms with Gasteiger partial charge >= 0.3 is 12.6 Å². The Morgan fingerprint density at radius 3 is 2.37 bits per heavy atom. The molecule has 1 amide bonds. The molecule has 0 aliphatic heterocycles. The minimum absolute atomic E-state index is 0.0388. The lowest BCUT2D eigenvalue weighted by molar-refractivity contribution is -0.144. The van der Waals surface area contributed by atoms with Gasteiger partial charge in [0.05, 0.1) is 11.3 Å². The number of amides is 1. The van der Waals surface area contributed by atoms with Crippen LogP contribution in [0.2, 0.25) is 0 Å². The van der Waals surface area contributed by atoms with E-state index in [0.717, 1.165) is 0 Å². The van der Waals surface area contributed by atoms with Crippen LogP contribution < -0.4 is 14.8 Å². The van der Waals surface area contributed by atoms with Crippen LogP contribution in [0, 0.1) is 0 Å². The van der Waals surface area contributed by atoms with Crippen molar-refractivity contribution in [1.82, 2.24) is 4.72 Å². The fraction of sp³-hybridized carbons (Fsp3) is 0.263. The zero-order chi connectivity index (χ0) is 22.1. The lowest BCUT2D eigenvalue weighted by atomic mass is 10.2. The third kappa shape index (κ3) is 7.41. The first-order valence-corrected chi connectivity index (χ1v) is 10.2. The Hall–Kier alpha value is -3.05. The van der Waals surface area contributed by atoms with E-state index >= 15 is 0 Å². The van der Waals surface area contributed by atoms with Crippen LogP contribution in [0.5, 0.6) is 5.75 Å². The highest BCUT2D eigenvalue weighted by Gasteiger charge is 2.15. The van der Waals surface area contributed by atoms with E-state index in [1.807, 2.05) is 0 Å². The summed E-state index contributed by atoms with van der Waals surface area (Å²) in [4.78, 5) is 22.8.